The number of carbonyl (C=O) groups excluding carboxylic acids is 1. The fourth-order valence-corrected chi connectivity index (χ4v) is 3.67. The van der Waals surface area contributed by atoms with Crippen molar-refractivity contribution in [3.05, 3.63) is 42.2 Å². The van der Waals surface area contributed by atoms with Gasteiger partial charge in [0.15, 0.2) is 0 Å². The minimum absolute atomic E-state index is 0.0386. The van der Waals surface area contributed by atoms with Crippen LogP contribution in [-0.2, 0) is 16.1 Å². The molecule has 0 aliphatic carbocycles. The molecule has 1 aromatic carbocycles. The van der Waals surface area contributed by atoms with Crippen LogP contribution < -0.4 is 9.47 Å². The number of esters is 1. The highest BCUT2D eigenvalue weighted by molar-refractivity contribution is 5.73. The maximum atomic E-state index is 12.1. The van der Waals surface area contributed by atoms with Gasteiger partial charge in [0.1, 0.15) is 11.5 Å². The summed E-state index contributed by atoms with van der Waals surface area (Å²) in [6, 6.07) is 7.86. The van der Waals surface area contributed by atoms with Crippen molar-refractivity contribution in [2.75, 3.05) is 33.9 Å². The van der Waals surface area contributed by atoms with Crippen molar-refractivity contribution in [3.8, 4) is 22.6 Å². The average molecular weight is 384 g/mol. The predicted octanol–water partition coefficient (Wildman–Crippen LogP) is 3.54. The summed E-state index contributed by atoms with van der Waals surface area (Å²) in [4.78, 5) is 18.8. The summed E-state index contributed by atoms with van der Waals surface area (Å²) in [5, 5.41) is 0. The van der Waals surface area contributed by atoms with Crippen LogP contribution in [0.1, 0.15) is 25.3 Å². The second-order valence-corrected chi connectivity index (χ2v) is 6.97. The summed E-state index contributed by atoms with van der Waals surface area (Å²) in [6.07, 6.45) is 5.61. The molecule has 6 heteroatoms. The molecule has 0 saturated carbocycles. The maximum absolute atomic E-state index is 12.1. The standard InChI is InChI=1S/C22H28N2O4/c1-4-28-22(25)17-6-5-9-24(15-17)14-16-10-18(13-23-12-16)20-11-19(26-2)7-8-21(20)27-3/h7-8,10-13,17H,4-6,9,14-15H2,1-3H3. The highest BCUT2D eigenvalue weighted by Crippen LogP contribution is 2.33. The van der Waals surface area contributed by atoms with Gasteiger partial charge in [-0.3, -0.25) is 14.7 Å². The number of nitrogens with zero attached hydrogens (tertiary/aromatic N) is 2. The fraction of sp³-hybridized carbons (Fsp3) is 0.455. The first kappa shape index (κ1) is 20.1. The molecule has 3 rings (SSSR count). The van der Waals surface area contributed by atoms with Crippen LogP contribution in [0.25, 0.3) is 11.1 Å². The van der Waals surface area contributed by atoms with Gasteiger partial charge in [0.05, 0.1) is 26.7 Å². The Bertz CT molecular complexity index is 809. The zero-order valence-corrected chi connectivity index (χ0v) is 16.8. The molecule has 0 spiro atoms. The molecule has 150 valence electrons. The third kappa shape index (κ3) is 4.81. The maximum Gasteiger partial charge on any atom is 0.310 e. The Labute approximate surface area is 166 Å². The molecular weight excluding hydrogens is 356 g/mol. The lowest BCUT2D eigenvalue weighted by Gasteiger charge is -2.31. The van der Waals surface area contributed by atoms with E-state index in [1.165, 1.54) is 0 Å². The Hall–Kier alpha value is -2.60. The largest absolute Gasteiger partial charge is 0.497 e. The number of hydrogen-bond acceptors (Lipinski definition) is 6. The highest BCUT2D eigenvalue weighted by Gasteiger charge is 2.26. The van der Waals surface area contributed by atoms with Gasteiger partial charge in [-0.15, -0.1) is 0 Å². The number of hydrogen-bond donors (Lipinski definition) is 0. The van der Waals surface area contributed by atoms with Crippen molar-refractivity contribution >= 4 is 5.97 Å². The molecule has 1 aliphatic rings. The summed E-state index contributed by atoms with van der Waals surface area (Å²) in [5.74, 6) is 1.43. The second kappa shape index (κ2) is 9.55. The molecule has 1 atom stereocenters. The van der Waals surface area contributed by atoms with E-state index in [4.69, 9.17) is 14.2 Å². The van der Waals surface area contributed by atoms with Crippen LogP contribution in [0, 0.1) is 5.92 Å². The van der Waals surface area contributed by atoms with Gasteiger partial charge < -0.3 is 14.2 Å². The van der Waals surface area contributed by atoms with Crippen LogP contribution in [0.2, 0.25) is 0 Å². The molecule has 1 unspecified atom stereocenters. The van der Waals surface area contributed by atoms with E-state index in [2.05, 4.69) is 16.0 Å². The number of aromatic nitrogens is 1. The smallest absolute Gasteiger partial charge is 0.310 e. The van der Waals surface area contributed by atoms with E-state index in [0.717, 1.165) is 60.7 Å². The van der Waals surface area contributed by atoms with Gasteiger partial charge in [-0.25, -0.2) is 0 Å². The number of ether oxygens (including phenoxy) is 3. The Kier molecular flexibility index (Phi) is 6.87. The second-order valence-electron chi connectivity index (χ2n) is 6.97. The Morgan fingerprint density at radius 3 is 2.82 bits per heavy atom. The number of piperidine rings is 1. The summed E-state index contributed by atoms with van der Waals surface area (Å²) < 4.78 is 16.1. The lowest BCUT2D eigenvalue weighted by molar-refractivity contribution is -0.150. The van der Waals surface area contributed by atoms with E-state index in [1.807, 2.05) is 37.5 Å². The van der Waals surface area contributed by atoms with Crippen molar-refractivity contribution < 1.29 is 19.0 Å². The third-order valence-electron chi connectivity index (χ3n) is 5.04. The van der Waals surface area contributed by atoms with Gasteiger partial charge in [-0.2, -0.15) is 0 Å². The molecule has 1 saturated heterocycles. The average Bonchev–Trinajstić information content (AvgIpc) is 2.74. The van der Waals surface area contributed by atoms with E-state index < -0.39 is 0 Å². The molecule has 28 heavy (non-hydrogen) atoms. The number of carbonyl (C=O) groups is 1. The molecule has 2 aromatic rings. The van der Waals surface area contributed by atoms with Gasteiger partial charge in [0.25, 0.3) is 0 Å². The molecule has 0 N–H and O–H groups in total. The van der Waals surface area contributed by atoms with Crippen molar-refractivity contribution in [1.29, 1.82) is 0 Å². The summed E-state index contributed by atoms with van der Waals surface area (Å²) in [7, 11) is 3.31. The SMILES string of the molecule is CCOC(=O)C1CCCN(Cc2cncc(-c3cc(OC)ccc3OC)c2)C1. The molecule has 0 radical (unpaired) electrons. The van der Waals surface area contributed by atoms with Gasteiger partial charge in [-0.1, -0.05) is 0 Å². The van der Waals surface area contributed by atoms with Crippen LogP contribution in [0.5, 0.6) is 11.5 Å². The van der Waals surface area contributed by atoms with E-state index in [1.54, 1.807) is 14.2 Å². The number of methoxy groups -OCH3 is 2. The van der Waals surface area contributed by atoms with Crippen molar-refractivity contribution in [2.45, 2.75) is 26.3 Å². The Morgan fingerprint density at radius 2 is 2.07 bits per heavy atom. The predicted molar refractivity (Wildman–Crippen MR) is 107 cm³/mol. The first-order valence-electron chi connectivity index (χ1n) is 9.70. The molecule has 1 aromatic heterocycles. The monoisotopic (exact) mass is 384 g/mol. The Balaban J connectivity index is 1.76. The summed E-state index contributed by atoms with van der Waals surface area (Å²) in [6.45, 7) is 4.74. The van der Waals surface area contributed by atoms with Crippen LogP contribution in [0.15, 0.2) is 36.7 Å². The van der Waals surface area contributed by atoms with Gasteiger partial charge in [0.2, 0.25) is 0 Å². The normalized spacial score (nSPS) is 17.2. The quantitative estimate of drug-likeness (QED) is 0.681. The van der Waals surface area contributed by atoms with Crippen molar-refractivity contribution in [1.82, 2.24) is 9.88 Å². The van der Waals surface area contributed by atoms with Gasteiger partial charge in [-0.05, 0) is 56.1 Å². The van der Waals surface area contributed by atoms with Crippen LogP contribution in [0.4, 0.5) is 0 Å². The fourth-order valence-electron chi connectivity index (χ4n) is 3.67. The van der Waals surface area contributed by atoms with E-state index in [9.17, 15) is 4.79 Å². The van der Waals surface area contributed by atoms with Gasteiger partial charge in [0, 0.05) is 36.6 Å². The summed E-state index contributed by atoms with van der Waals surface area (Å²) in [5.41, 5.74) is 3.03. The van der Waals surface area contributed by atoms with Crippen LogP contribution >= 0.6 is 0 Å². The zero-order chi connectivity index (χ0) is 19.9. The minimum Gasteiger partial charge on any atom is -0.497 e. The first-order chi connectivity index (χ1) is 13.6. The van der Waals surface area contributed by atoms with E-state index >= 15 is 0 Å². The summed E-state index contributed by atoms with van der Waals surface area (Å²) >= 11 is 0. The topological polar surface area (TPSA) is 60.9 Å². The van der Waals surface area contributed by atoms with Gasteiger partial charge >= 0.3 is 5.97 Å². The Morgan fingerprint density at radius 1 is 1.21 bits per heavy atom. The van der Waals surface area contributed by atoms with Crippen molar-refractivity contribution in [3.63, 3.8) is 0 Å². The number of benzene rings is 1. The number of pyridine rings is 1. The number of rotatable bonds is 7. The molecule has 2 heterocycles. The number of likely N-dealkylation sites (tertiary alicyclic amines) is 1. The van der Waals surface area contributed by atoms with Crippen molar-refractivity contribution in [2.24, 2.45) is 5.92 Å². The lowest BCUT2D eigenvalue weighted by atomic mass is 9.97. The molecule has 1 aliphatic heterocycles. The molecular formula is C22H28N2O4. The minimum atomic E-state index is -0.0832. The zero-order valence-electron chi connectivity index (χ0n) is 16.8. The first-order valence-corrected chi connectivity index (χ1v) is 9.70. The van der Waals surface area contributed by atoms with Crippen LogP contribution in [0.3, 0.4) is 0 Å². The molecule has 0 amide bonds. The molecule has 1 fully saturated rings. The molecule has 6 nitrogen and oxygen atoms in total. The van der Waals surface area contributed by atoms with E-state index in [-0.39, 0.29) is 11.9 Å². The lowest BCUT2D eigenvalue weighted by Crippen LogP contribution is -2.38. The third-order valence-corrected chi connectivity index (χ3v) is 5.04. The van der Waals surface area contributed by atoms with Crippen LogP contribution in [-0.4, -0.2) is 49.8 Å². The van der Waals surface area contributed by atoms with E-state index in [0.29, 0.717) is 6.61 Å². The molecule has 0 bridgehead atoms. The highest BCUT2D eigenvalue weighted by atomic mass is 16.5.